The normalized spacial score (nSPS) is 16.9. The molecule has 1 aliphatic rings. The number of benzene rings is 2. The number of aliphatic hydroxyl groups is 1. The number of halogens is 4. The summed E-state index contributed by atoms with van der Waals surface area (Å²) in [5, 5.41) is 15.6. The van der Waals surface area contributed by atoms with E-state index in [0.29, 0.717) is 42.9 Å². The Morgan fingerprint density at radius 3 is 2.24 bits per heavy atom. The molecule has 0 spiro atoms. The van der Waals surface area contributed by atoms with Crippen molar-refractivity contribution in [3.63, 3.8) is 0 Å². The summed E-state index contributed by atoms with van der Waals surface area (Å²) in [5.74, 6) is 0.357. The van der Waals surface area contributed by atoms with Crippen LogP contribution >= 0.6 is 11.6 Å². The van der Waals surface area contributed by atoms with Crippen LogP contribution in [-0.2, 0) is 10.0 Å². The number of hydrogen-bond donors (Lipinski definition) is 2. The van der Waals surface area contributed by atoms with Crippen molar-refractivity contribution in [3.05, 3.63) is 64.7 Å². The Morgan fingerprint density at radius 2 is 1.66 bits per heavy atom. The Morgan fingerprint density at radius 1 is 1.05 bits per heavy atom. The molecule has 4 rings (SSSR count). The molecule has 2 heterocycles. The van der Waals surface area contributed by atoms with Gasteiger partial charge in [0.05, 0.1) is 5.52 Å². The predicted octanol–water partition coefficient (Wildman–Crippen LogP) is 5.87. The molecule has 2 aromatic carbocycles. The summed E-state index contributed by atoms with van der Waals surface area (Å²) < 4.78 is 68.9. The van der Waals surface area contributed by atoms with Gasteiger partial charge in [0, 0.05) is 41.3 Å². The van der Waals surface area contributed by atoms with E-state index in [4.69, 9.17) is 16.3 Å². The van der Waals surface area contributed by atoms with Crippen LogP contribution in [0, 0.1) is 0 Å². The fourth-order valence-corrected chi connectivity index (χ4v) is 5.43. The summed E-state index contributed by atoms with van der Waals surface area (Å²) in [6.07, 6.45) is -0.561. The quantitative estimate of drug-likeness (QED) is 0.384. The number of aliphatic hydroxyl groups excluding tert-OH is 1. The largest absolute Gasteiger partial charge is 0.511 e. The summed E-state index contributed by atoms with van der Waals surface area (Å²) in [4.78, 5) is 4.60. The molecule has 1 unspecified atom stereocenters. The highest BCUT2D eigenvalue weighted by atomic mass is 35.5. The predicted molar refractivity (Wildman–Crippen MR) is 141 cm³/mol. The molecule has 1 fully saturated rings. The number of fused-ring (bicyclic) bond motifs is 1. The Kier molecular flexibility index (Phi) is 7.86. The number of pyridine rings is 1. The third-order valence-electron chi connectivity index (χ3n) is 6.17. The highest BCUT2D eigenvalue weighted by Crippen LogP contribution is 2.34. The SMILES string of the molecule is CC(C)(C)Oc1cc(NC2CCN(S(=O)(=O)C(F)(F)F)CC2)c2cc(C(O)c3ccc(Cl)cc3)ccc2n1. The van der Waals surface area contributed by atoms with Gasteiger partial charge in [-0.05, 0) is 69.0 Å². The lowest BCUT2D eigenvalue weighted by molar-refractivity contribution is -0.0494. The van der Waals surface area contributed by atoms with Crippen molar-refractivity contribution in [1.82, 2.24) is 9.29 Å². The van der Waals surface area contributed by atoms with E-state index in [1.165, 1.54) is 0 Å². The van der Waals surface area contributed by atoms with Gasteiger partial charge in [-0.3, -0.25) is 0 Å². The molecule has 7 nitrogen and oxygen atoms in total. The van der Waals surface area contributed by atoms with Crippen molar-refractivity contribution in [3.8, 4) is 5.88 Å². The van der Waals surface area contributed by atoms with Crippen molar-refractivity contribution < 1.29 is 31.4 Å². The maximum Gasteiger partial charge on any atom is 0.511 e. The molecule has 0 aliphatic carbocycles. The van der Waals surface area contributed by atoms with Gasteiger partial charge in [-0.15, -0.1) is 0 Å². The third kappa shape index (κ3) is 6.33. The molecule has 2 N–H and O–H groups in total. The zero-order valence-electron chi connectivity index (χ0n) is 21.1. The lowest BCUT2D eigenvalue weighted by Crippen LogP contribution is -2.47. The number of nitrogens with one attached hydrogen (secondary N) is 1. The topological polar surface area (TPSA) is 91.8 Å². The standard InChI is InChI=1S/C26H29ClF3N3O4S/c1-25(2,3)37-23-15-22(31-19-10-12-33(13-11-19)38(35,36)26(28,29)30)20-14-17(6-9-21(20)32-23)24(34)16-4-7-18(27)8-5-16/h4-9,14-15,19,24,34H,10-13H2,1-3H3,(H,31,32). The van der Waals surface area contributed by atoms with E-state index in [2.05, 4.69) is 10.3 Å². The summed E-state index contributed by atoms with van der Waals surface area (Å²) >= 11 is 5.97. The Labute approximate surface area is 224 Å². The molecular weight excluding hydrogens is 543 g/mol. The van der Waals surface area contributed by atoms with Gasteiger partial charge < -0.3 is 15.2 Å². The lowest BCUT2D eigenvalue weighted by Gasteiger charge is -2.32. The number of nitrogens with zero attached hydrogens (tertiary/aromatic N) is 2. The molecule has 0 amide bonds. The molecule has 206 valence electrons. The first-order chi connectivity index (χ1) is 17.6. The zero-order valence-corrected chi connectivity index (χ0v) is 22.7. The lowest BCUT2D eigenvalue weighted by atomic mass is 9.99. The van der Waals surface area contributed by atoms with Gasteiger partial charge in [-0.1, -0.05) is 29.8 Å². The molecule has 12 heteroatoms. The fourth-order valence-electron chi connectivity index (χ4n) is 4.32. The van der Waals surface area contributed by atoms with Crippen molar-refractivity contribution in [1.29, 1.82) is 0 Å². The van der Waals surface area contributed by atoms with Gasteiger partial charge in [0.2, 0.25) is 5.88 Å². The number of rotatable bonds is 6. The van der Waals surface area contributed by atoms with Crippen molar-refractivity contribution in [2.24, 2.45) is 0 Å². The molecule has 0 bridgehead atoms. The summed E-state index contributed by atoms with van der Waals surface area (Å²) in [7, 11) is -5.36. The van der Waals surface area contributed by atoms with Gasteiger partial charge in [-0.25, -0.2) is 13.4 Å². The van der Waals surface area contributed by atoms with Crippen LogP contribution in [0.2, 0.25) is 5.02 Å². The van der Waals surface area contributed by atoms with E-state index in [1.54, 1.807) is 48.5 Å². The zero-order chi connectivity index (χ0) is 27.9. The van der Waals surface area contributed by atoms with E-state index in [1.807, 2.05) is 20.8 Å². The molecule has 0 saturated carbocycles. The van der Waals surface area contributed by atoms with Crippen LogP contribution in [0.5, 0.6) is 5.88 Å². The van der Waals surface area contributed by atoms with Gasteiger partial charge in [0.25, 0.3) is 0 Å². The average Bonchev–Trinajstić information content (AvgIpc) is 2.82. The van der Waals surface area contributed by atoms with Crippen molar-refractivity contribution in [2.45, 2.75) is 56.9 Å². The van der Waals surface area contributed by atoms with Gasteiger partial charge in [0.1, 0.15) is 11.7 Å². The molecule has 1 aromatic heterocycles. The number of piperidine rings is 1. The molecular formula is C26H29ClF3N3O4S. The smallest absolute Gasteiger partial charge is 0.472 e. The summed E-state index contributed by atoms with van der Waals surface area (Å²) in [6.45, 7) is 5.14. The fraction of sp³-hybridized carbons (Fsp3) is 0.423. The van der Waals surface area contributed by atoms with Crippen LogP contribution in [-0.4, -0.2) is 53.1 Å². The second-order valence-electron chi connectivity index (χ2n) is 10.2. The van der Waals surface area contributed by atoms with E-state index < -0.39 is 27.2 Å². The minimum Gasteiger partial charge on any atom is -0.472 e. The maximum atomic E-state index is 13.0. The first kappa shape index (κ1) is 28.4. The second kappa shape index (κ2) is 10.5. The molecule has 0 radical (unpaired) electrons. The average molecular weight is 572 g/mol. The van der Waals surface area contributed by atoms with Crippen LogP contribution in [0.25, 0.3) is 10.9 Å². The van der Waals surface area contributed by atoms with E-state index in [9.17, 15) is 26.7 Å². The van der Waals surface area contributed by atoms with Crippen LogP contribution in [0.1, 0.15) is 50.8 Å². The Hall–Kier alpha value is -2.60. The van der Waals surface area contributed by atoms with Gasteiger partial charge in [0.15, 0.2) is 0 Å². The number of sulfonamides is 1. The number of hydrogen-bond acceptors (Lipinski definition) is 6. The monoisotopic (exact) mass is 571 g/mol. The highest BCUT2D eigenvalue weighted by molar-refractivity contribution is 7.90. The third-order valence-corrected chi connectivity index (χ3v) is 8.05. The molecule has 3 aromatic rings. The first-order valence-electron chi connectivity index (χ1n) is 12.0. The van der Waals surface area contributed by atoms with Gasteiger partial charge >= 0.3 is 15.5 Å². The second-order valence-corrected chi connectivity index (χ2v) is 12.6. The minimum atomic E-state index is -5.36. The molecule has 1 saturated heterocycles. The molecule has 1 aliphatic heterocycles. The number of anilines is 1. The molecule has 38 heavy (non-hydrogen) atoms. The van der Waals surface area contributed by atoms with Crippen LogP contribution in [0.4, 0.5) is 18.9 Å². The van der Waals surface area contributed by atoms with E-state index in [0.717, 1.165) is 0 Å². The van der Waals surface area contributed by atoms with E-state index in [-0.39, 0.29) is 32.0 Å². The van der Waals surface area contributed by atoms with Crippen LogP contribution < -0.4 is 10.1 Å². The Balaban J connectivity index is 1.64. The van der Waals surface area contributed by atoms with Crippen molar-refractivity contribution in [2.75, 3.05) is 18.4 Å². The summed E-state index contributed by atoms with van der Waals surface area (Å²) in [6, 6.07) is 13.6. The number of aromatic nitrogens is 1. The first-order valence-corrected chi connectivity index (χ1v) is 13.9. The van der Waals surface area contributed by atoms with Crippen LogP contribution in [0.15, 0.2) is 48.5 Å². The molecule has 1 atom stereocenters. The van der Waals surface area contributed by atoms with E-state index >= 15 is 0 Å². The number of ether oxygens (including phenoxy) is 1. The number of alkyl halides is 3. The highest BCUT2D eigenvalue weighted by Gasteiger charge is 2.50. The van der Waals surface area contributed by atoms with Crippen molar-refractivity contribution >= 4 is 38.2 Å². The summed E-state index contributed by atoms with van der Waals surface area (Å²) in [5.41, 5.74) is -3.37. The van der Waals surface area contributed by atoms with Gasteiger partial charge in [-0.2, -0.15) is 17.5 Å². The minimum absolute atomic E-state index is 0.182. The van der Waals surface area contributed by atoms with Crippen LogP contribution in [0.3, 0.4) is 0 Å². The Bertz CT molecular complexity index is 1400. The maximum absolute atomic E-state index is 13.0.